The van der Waals surface area contributed by atoms with Crippen molar-refractivity contribution in [1.29, 1.82) is 0 Å². The zero-order valence-corrected chi connectivity index (χ0v) is 44.1. The molecule has 6 aliphatic carbocycles. The summed E-state index contributed by atoms with van der Waals surface area (Å²) in [6.45, 7) is 9.45. The van der Waals surface area contributed by atoms with E-state index in [2.05, 4.69) is 33.8 Å². The Morgan fingerprint density at radius 2 is 1.72 bits per heavy atom. The number of phenols is 1. The number of hydrogen-bond acceptors (Lipinski definition) is 14. The molecule has 1 aromatic rings. The second-order valence-electron chi connectivity index (χ2n) is 24.7. The molecule has 1 amide bonds. The third-order valence-electron chi connectivity index (χ3n) is 21.6. The number of rotatable bonds is 10. The van der Waals surface area contributed by atoms with Gasteiger partial charge in [0.25, 0.3) is 0 Å². The first-order chi connectivity index (χ1) is 33.7. The van der Waals surface area contributed by atoms with Crippen LogP contribution in [0.1, 0.15) is 130 Å². The lowest BCUT2D eigenvalue weighted by Gasteiger charge is -2.68. The summed E-state index contributed by atoms with van der Waals surface area (Å²) in [5.74, 6) is -2.78. The van der Waals surface area contributed by atoms with Gasteiger partial charge in [0, 0.05) is 41.5 Å². The van der Waals surface area contributed by atoms with Gasteiger partial charge in [0.05, 0.1) is 41.9 Å². The molecule has 3 spiro atoms. The number of aromatic hydroxyl groups is 1. The number of hydrogen-bond donors (Lipinski definition) is 9. The zero-order chi connectivity index (χ0) is 50.8. The predicted molar refractivity (Wildman–Crippen MR) is 273 cm³/mol. The van der Waals surface area contributed by atoms with Crippen molar-refractivity contribution >= 4 is 39.0 Å². The van der Waals surface area contributed by atoms with Crippen LogP contribution in [0.2, 0.25) is 0 Å². The summed E-state index contributed by atoms with van der Waals surface area (Å²) >= 11 is 0. The minimum Gasteiger partial charge on any atom is -0.508 e. The highest BCUT2D eigenvalue weighted by molar-refractivity contribution is 8.77. The summed E-state index contributed by atoms with van der Waals surface area (Å²) in [5, 5.41) is 109. The van der Waals surface area contributed by atoms with E-state index in [0.717, 1.165) is 42.0 Å². The monoisotopic (exact) mass is 1020 g/mol. The molecule has 2 saturated heterocycles. The van der Waals surface area contributed by atoms with Crippen molar-refractivity contribution in [2.24, 2.45) is 69.0 Å². The number of aliphatic hydroxyl groups is 8. The topological polar surface area (TPSA) is 232 Å². The molecular weight excluding hydrogens is 943 g/mol. The standard InChI is InChI=1S/C56H81NO12S2/c1-6-7-8-11-35-26-57-37-20-33(21-38(61)23-37)15-18-52-34-13-10-17-54(67,47-46(69-47)32(4)31(2)3)43(52)16-19-55(52,68)41-24-44(62)53(25-45(63)51(66,30-60)29-50(53,5)40(41)22-34)49(65)71-70-42(28-59)39-14-9-12-36(27-58)56(35,39)48(57)64/h10,13,20-21,23-24,31-32,34-36,39-40,42-43,45-47,49,58-61,63,65-68H,6-9,11-12,14-19,22,25-30H2,1-5H3/t32-,34-,35+,36+,39+,40+,42+,43+,45-,46+,47-,49-,50-,51-,52-,53+,54-,55-,56-/m1/s1. The summed E-state index contributed by atoms with van der Waals surface area (Å²) in [4.78, 5) is 33.4. The zero-order valence-electron chi connectivity index (χ0n) is 42.4. The normalized spacial score (nSPS) is 47.5. The summed E-state index contributed by atoms with van der Waals surface area (Å²) in [6, 6.07) is 5.32. The van der Waals surface area contributed by atoms with E-state index in [4.69, 9.17) is 4.74 Å². The first-order valence-corrected chi connectivity index (χ1v) is 29.4. The van der Waals surface area contributed by atoms with Gasteiger partial charge in [0.2, 0.25) is 5.91 Å². The number of fused-ring (bicyclic) bond motifs is 1. The number of allylic oxidation sites excluding steroid dienone is 2. The maximum atomic E-state index is 15.9. The second kappa shape index (κ2) is 18.6. The predicted octanol–water partition coefficient (Wildman–Crippen LogP) is 6.23. The Labute approximate surface area is 427 Å². The lowest BCUT2D eigenvalue weighted by atomic mass is 9.38. The third-order valence-corrected chi connectivity index (χ3v) is 24.7. The number of nitrogens with zero attached hydrogens (tertiary/aromatic N) is 1. The van der Waals surface area contributed by atoms with Gasteiger partial charge in [0.1, 0.15) is 28.5 Å². The van der Waals surface area contributed by atoms with Gasteiger partial charge in [-0.1, -0.05) is 94.0 Å². The van der Waals surface area contributed by atoms with Crippen molar-refractivity contribution in [3.8, 4) is 5.75 Å². The van der Waals surface area contributed by atoms with Crippen LogP contribution < -0.4 is 4.90 Å². The molecule has 8 bridgehead atoms. The van der Waals surface area contributed by atoms with Crippen molar-refractivity contribution in [2.75, 3.05) is 31.3 Å². The first-order valence-electron chi connectivity index (χ1n) is 27.1. The molecular formula is C56H81NO12S2. The van der Waals surface area contributed by atoms with Gasteiger partial charge < -0.3 is 55.6 Å². The molecule has 4 saturated carbocycles. The fraction of sp³-hybridized carbons (Fsp3) is 0.786. The molecule has 1 aromatic carbocycles. The molecule has 0 unspecified atom stereocenters. The van der Waals surface area contributed by atoms with Crippen molar-refractivity contribution in [3.63, 3.8) is 0 Å². The number of aliphatic hydroxyl groups excluding tert-OH is 5. The van der Waals surface area contributed by atoms with Crippen LogP contribution >= 0.6 is 21.6 Å². The number of amides is 1. The van der Waals surface area contributed by atoms with E-state index in [0.29, 0.717) is 75.1 Å². The van der Waals surface area contributed by atoms with Crippen LogP contribution in [0.4, 0.5) is 5.69 Å². The number of benzene rings is 1. The number of anilines is 1. The largest absolute Gasteiger partial charge is 0.508 e. The van der Waals surface area contributed by atoms with Crippen molar-refractivity contribution < 1.29 is 60.3 Å². The molecule has 19 atom stereocenters. The second-order valence-corrected chi connectivity index (χ2v) is 27.3. The Morgan fingerprint density at radius 3 is 2.42 bits per heavy atom. The van der Waals surface area contributed by atoms with E-state index in [-0.39, 0.29) is 62.1 Å². The summed E-state index contributed by atoms with van der Waals surface area (Å²) in [7, 11) is 2.28. The highest BCUT2D eigenvalue weighted by Gasteiger charge is 2.79. The molecule has 394 valence electrons. The van der Waals surface area contributed by atoms with Crippen LogP contribution in [-0.2, 0) is 20.7 Å². The van der Waals surface area contributed by atoms with Gasteiger partial charge in [-0.2, -0.15) is 0 Å². The van der Waals surface area contributed by atoms with E-state index in [1.807, 2.05) is 19.1 Å². The number of unbranched alkanes of at least 4 members (excludes halogenated alkanes) is 2. The number of carbonyl (C=O) groups excluding carboxylic acids is 2. The third kappa shape index (κ3) is 7.33. The molecule has 6 fully saturated rings. The Bertz CT molecular complexity index is 2300. The van der Waals surface area contributed by atoms with E-state index in [1.165, 1.54) is 16.9 Å². The van der Waals surface area contributed by atoms with Crippen molar-refractivity contribution in [1.82, 2.24) is 0 Å². The molecule has 13 nitrogen and oxygen atoms in total. The van der Waals surface area contributed by atoms with E-state index in [1.54, 1.807) is 17.0 Å². The van der Waals surface area contributed by atoms with Gasteiger partial charge in [-0.3, -0.25) is 9.59 Å². The maximum Gasteiger partial charge on any atom is 0.234 e. The molecule has 0 aromatic heterocycles. The molecule has 5 aliphatic heterocycles. The lowest BCUT2D eigenvalue weighted by Crippen LogP contribution is -2.72. The summed E-state index contributed by atoms with van der Waals surface area (Å²) in [6.07, 6.45) is 10.2. The quantitative estimate of drug-likeness (QED) is 0.0548. The van der Waals surface area contributed by atoms with Gasteiger partial charge in [-0.05, 0) is 147 Å². The minimum atomic E-state index is -2.04. The highest BCUT2D eigenvalue weighted by atomic mass is 33.1. The van der Waals surface area contributed by atoms with Crippen molar-refractivity contribution in [3.05, 3.63) is 47.6 Å². The smallest absolute Gasteiger partial charge is 0.234 e. The first kappa shape index (κ1) is 52.4. The van der Waals surface area contributed by atoms with Crippen LogP contribution in [0.5, 0.6) is 5.75 Å². The molecule has 9 N–H and O–H groups in total. The van der Waals surface area contributed by atoms with Crippen LogP contribution in [0.3, 0.4) is 0 Å². The summed E-state index contributed by atoms with van der Waals surface area (Å²) in [5.41, 5.74) is -10.1. The number of epoxide rings is 1. The Balaban J connectivity index is 1.19. The maximum absolute atomic E-state index is 15.9. The van der Waals surface area contributed by atoms with Crippen LogP contribution in [0.15, 0.2) is 42.0 Å². The molecule has 5 heterocycles. The van der Waals surface area contributed by atoms with Crippen LogP contribution in [0.25, 0.3) is 0 Å². The average Bonchev–Trinajstić information content (AvgIpc) is 4.04. The molecule has 71 heavy (non-hydrogen) atoms. The fourth-order valence-electron chi connectivity index (χ4n) is 17.8. The van der Waals surface area contributed by atoms with Gasteiger partial charge in [-0.25, -0.2) is 0 Å². The number of aryl methyl sites for hydroxylation is 1. The van der Waals surface area contributed by atoms with E-state index in [9.17, 15) is 46.0 Å². The number of ketones is 1. The fourth-order valence-corrected chi connectivity index (χ4v) is 21.0. The highest BCUT2D eigenvalue weighted by Crippen LogP contribution is 2.76. The van der Waals surface area contributed by atoms with E-state index < -0.39 is 103 Å². The average molecular weight is 1020 g/mol. The van der Waals surface area contributed by atoms with Crippen LogP contribution in [0, 0.1) is 69.0 Å². The molecule has 15 heteroatoms. The SMILES string of the molecule is CCCCC[C@H]1CN2C(=O)[C@@]13[C@H](CO)CCC[C@H]3[C@H](CO)SS[C@@H](O)[C@@]13C[C@@H](O)[C@](O)(CO)C[C@]1(C)[C@H]1C[C@H]4C=CC[C@](O)([C@@H]5O[C@H]5[C@H](C)C(C)C)[C@H]5CC[C@@](O)(C1=CC3=O)[C@]45CCc1cc(O)cc2c1. The van der Waals surface area contributed by atoms with Gasteiger partial charge in [0.15, 0.2) is 5.78 Å². The Hall–Kier alpha value is -2.02. The number of carbonyl (C=O) groups is 2. The van der Waals surface area contributed by atoms with Gasteiger partial charge in [-0.15, -0.1) is 0 Å². The van der Waals surface area contributed by atoms with Gasteiger partial charge >= 0.3 is 0 Å². The molecule has 11 aliphatic rings. The number of phenolic OH excluding ortho intramolecular Hbond substituents is 1. The lowest BCUT2D eigenvalue weighted by molar-refractivity contribution is -0.235. The van der Waals surface area contributed by atoms with Crippen molar-refractivity contribution in [2.45, 2.75) is 177 Å². The summed E-state index contributed by atoms with van der Waals surface area (Å²) < 4.78 is 6.50. The molecule has 0 radical (unpaired) electrons. The Morgan fingerprint density at radius 1 is 0.944 bits per heavy atom. The number of ether oxygens (including phenoxy) is 1. The molecule has 12 rings (SSSR count). The van der Waals surface area contributed by atoms with E-state index >= 15 is 9.59 Å². The van der Waals surface area contributed by atoms with Crippen LogP contribution in [-0.4, -0.2) is 130 Å². The Kier molecular flexibility index (Phi) is 13.7. The minimum absolute atomic E-state index is 0.0120.